The van der Waals surface area contributed by atoms with E-state index in [1.165, 1.54) is 80.9 Å². The lowest BCUT2D eigenvalue weighted by Gasteiger charge is -2.27. The zero-order chi connectivity index (χ0) is 19.3. The van der Waals surface area contributed by atoms with Crippen molar-refractivity contribution in [2.45, 2.75) is 77.0 Å². The van der Waals surface area contributed by atoms with Gasteiger partial charge in [-0.1, -0.05) is 74.7 Å². The van der Waals surface area contributed by atoms with Crippen molar-refractivity contribution in [1.29, 1.82) is 0 Å². The molecule has 2 aliphatic rings. The minimum Gasteiger partial charge on any atom is -0.103 e. The van der Waals surface area contributed by atoms with Gasteiger partial charge in [0.25, 0.3) is 0 Å². The Hall–Kier alpha value is -1.82. The summed E-state index contributed by atoms with van der Waals surface area (Å²) in [5, 5.41) is 0. The lowest BCUT2D eigenvalue weighted by atomic mass is 9.78. The van der Waals surface area contributed by atoms with E-state index in [1.807, 2.05) is 0 Å². The van der Waals surface area contributed by atoms with Crippen LogP contribution in [0, 0.1) is 11.8 Å². The number of unbranched alkanes of at least 4 members (excludes halogenated alkanes) is 1. The molecule has 0 nitrogen and oxygen atoms in total. The highest BCUT2D eigenvalue weighted by atomic mass is 14.3. The Kier molecular flexibility index (Phi) is 6.35. The molecule has 148 valence electrons. The van der Waals surface area contributed by atoms with E-state index in [0.717, 1.165) is 17.8 Å². The van der Waals surface area contributed by atoms with Gasteiger partial charge in [-0.05, 0) is 90.5 Å². The van der Waals surface area contributed by atoms with Crippen LogP contribution in [0.1, 0.15) is 80.9 Å². The van der Waals surface area contributed by atoms with Gasteiger partial charge in [0.1, 0.15) is 0 Å². The van der Waals surface area contributed by atoms with Gasteiger partial charge in [-0.3, -0.25) is 0 Å². The Morgan fingerprint density at radius 2 is 1.64 bits per heavy atom. The fourth-order valence-corrected chi connectivity index (χ4v) is 5.39. The molecule has 1 fully saturated rings. The highest BCUT2D eigenvalue weighted by molar-refractivity contribution is 5.65. The van der Waals surface area contributed by atoms with E-state index < -0.39 is 0 Å². The SMILES string of the molecule is C=CC1CCC(c2ccc(-c3ccc4c(c3)CCC(CCCC)C4)cc2)CC1. The summed E-state index contributed by atoms with van der Waals surface area (Å²) in [6.07, 6.45) is 15.5. The zero-order valence-electron chi connectivity index (χ0n) is 17.6. The second kappa shape index (κ2) is 9.12. The highest BCUT2D eigenvalue weighted by Gasteiger charge is 2.21. The van der Waals surface area contributed by atoms with Gasteiger partial charge in [-0.2, -0.15) is 0 Å². The van der Waals surface area contributed by atoms with Gasteiger partial charge < -0.3 is 0 Å². The van der Waals surface area contributed by atoms with Crippen LogP contribution in [0.4, 0.5) is 0 Å². The molecule has 0 spiro atoms. The van der Waals surface area contributed by atoms with Crippen LogP contribution in [-0.4, -0.2) is 0 Å². The van der Waals surface area contributed by atoms with Gasteiger partial charge in [0.05, 0.1) is 0 Å². The van der Waals surface area contributed by atoms with E-state index in [2.05, 4.69) is 62.0 Å². The molecule has 4 rings (SSSR count). The van der Waals surface area contributed by atoms with E-state index in [0.29, 0.717) is 0 Å². The molecule has 2 aliphatic carbocycles. The summed E-state index contributed by atoms with van der Waals surface area (Å²) in [6, 6.07) is 16.7. The topological polar surface area (TPSA) is 0 Å². The summed E-state index contributed by atoms with van der Waals surface area (Å²) < 4.78 is 0. The molecule has 1 unspecified atom stereocenters. The highest BCUT2D eigenvalue weighted by Crippen LogP contribution is 2.37. The molecule has 0 heteroatoms. The van der Waals surface area contributed by atoms with Crippen molar-refractivity contribution in [3.05, 3.63) is 71.8 Å². The predicted octanol–water partition coefficient (Wildman–Crippen LogP) is 8.11. The first-order valence-electron chi connectivity index (χ1n) is 11.6. The fourth-order valence-electron chi connectivity index (χ4n) is 5.39. The van der Waals surface area contributed by atoms with E-state index >= 15 is 0 Å². The summed E-state index contributed by atoms with van der Waals surface area (Å²) in [5.74, 6) is 2.40. The van der Waals surface area contributed by atoms with Crippen molar-refractivity contribution in [1.82, 2.24) is 0 Å². The third kappa shape index (κ3) is 4.43. The predicted molar refractivity (Wildman–Crippen MR) is 122 cm³/mol. The van der Waals surface area contributed by atoms with Crippen molar-refractivity contribution in [3.63, 3.8) is 0 Å². The summed E-state index contributed by atoms with van der Waals surface area (Å²) >= 11 is 0. The molecule has 0 heterocycles. The van der Waals surface area contributed by atoms with Crippen molar-refractivity contribution in [2.75, 3.05) is 0 Å². The van der Waals surface area contributed by atoms with Crippen LogP contribution < -0.4 is 0 Å². The summed E-state index contributed by atoms with van der Waals surface area (Å²) in [6.45, 7) is 6.28. The molecule has 0 amide bonds. The van der Waals surface area contributed by atoms with E-state index in [1.54, 1.807) is 11.1 Å². The smallest absolute Gasteiger partial charge is 0.0162 e. The quantitative estimate of drug-likeness (QED) is 0.449. The second-order valence-corrected chi connectivity index (χ2v) is 9.20. The van der Waals surface area contributed by atoms with Gasteiger partial charge in [0.2, 0.25) is 0 Å². The molecular weight excluding hydrogens is 336 g/mol. The van der Waals surface area contributed by atoms with E-state index in [-0.39, 0.29) is 0 Å². The second-order valence-electron chi connectivity index (χ2n) is 9.20. The lowest BCUT2D eigenvalue weighted by molar-refractivity contribution is 0.376. The van der Waals surface area contributed by atoms with Gasteiger partial charge in [-0.15, -0.1) is 6.58 Å². The Balaban J connectivity index is 1.43. The zero-order valence-corrected chi connectivity index (χ0v) is 17.6. The third-order valence-electron chi connectivity index (χ3n) is 7.32. The maximum absolute atomic E-state index is 3.97. The van der Waals surface area contributed by atoms with E-state index in [4.69, 9.17) is 0 Å². The first-order chi connectivity index (χ1) is 13.8. The van der Waals surface area contributed by atoms with E-state index in [9.17, 15) is 0 Å². The van der Waals surface area contributed by atoms with Crippen LogP contribution in [-0.2, 0) is 12.8 Å². The average molecular weight is 373 g/mol. The molecule has 0 radical (unpaired) electrons. The summed E-state index contributed by atoms with van der Waals surface area (Å²) in [4.78, 5) is 0. The van der Waals surface area contributed by atoms with Gasteiger partial charge in [0.15, 0.2) is 0 Å². The molecule has 1 saturated carbocycles. The standard InChI is InChI=1S/C28H36/c1-3-5-6-22-9-12-28-20-27(18-17-26(28)19-22)25-15-13-24(14-16-25)23-10-7-21(4-2)8-11-23/h4,13-18,20-23H,2-3,5-12,19H2,1H3. The molecule has 1 atom stereocenters. The summed E-state index contributed by atoms with van der Waals surface area (Å²) in [7, 11) is 0. The molecule has 0 N–H and O–H groups in total. The number of benzene rings is 2. The third-order valence-corrected chi connectivity index (χ3v) is 7.32. The van der Waals surface area contributed by atoms with Crippen LogP contribution in [0.25, 0.3) is 11.1 Å². The number of allylic oxidation sites excluding steroid dienone is 1. The molecule has 2 aromatic carbocycles. The maximum atomic E-state index is 3.97. The summed E-state index contributed by atoms with van der Waals surface area (Å²) in [5.41, 5.74) is 7.50. The number of fused-ring (bicyclic) bond motifs is 1. The average Bonchev–Trinajstić information content (AvgIpc) is 2.77. The lowest BCUT2D eigenvalue weighted by Crippen LogP contribution is -2.14. The molecule has 0 aliphatic heterocycles. The van der Waals surface area contributed by atoms with Gasteiger partial charge >= 0.3 is 0 Å². The molecule has 0 aromatic heterocycles. The van der Waals surface area contributed by atoms with Gasteiger partial charge in [-0.25, -0.2) is 0 Å². The first kappa shape index (κ1) is 19.5. The Morgan fingerprint density at radius 3 is 2.36 bits per heavy atom. The number of hydrogen-bond acceptors (Lipinski definition) is 0. The van der Waals surface area contributed by atoms with Crippen LogP contribution in [0.2, 0.25) is 0 Å². The van der Waals surface area contributed by atoms with Gasteiger partial charge in [0, 0.05) is 0 Å². The fraction of sp³-hybridized carbons (Fsp3) is 0.500. The maximum Gasteiger partial charge on any atom is -0.0162 e. The first-order valence-corrected chi connectivity index (χ1v) is 11.6. The Morgan fingerprint density at radius 1 is 0.893 bits per heavy atom. The molecule has 2 aromatic rings. The number of aryl methyl sites for hydroxylation is 1. The van der Waals surface area contributed by atoms with Crippen molar-refractivity contribution < 1.29 is 0 Å². The molecule has 28 heavy (non-hydrogen) atoms. The Bertz CT molecular complexity index is 774. The van der Waals surface area contributed by atoms with Crippen LogP contribution in [0.5, 0.6) is 0 Å². The molecule has 0 saturated heterocycles. The minimum absolute atomic E-state index is 0.743. The van der Waals surface area contributed by atoms with Crippen LogP contribution in [0.3, 0.4) is 0 Å². The monoisotopic (exact) mass is 372 g/mol. The molecular formula is C28H36. The van der Waals surface area contributed by atoms with Crippen LogP contribution >= 0.6 is 0 Å². The van der Waals surface area contributed by atoms with Crippen molar-refractivity contribution >= 4 is 0 Å². The number of hydrogen-bond donors (Lipinski definition) is 0. The Labute approximate surface area is 172 Å². The van der Waals surface area contributed by atoms with Crippen molar-refractivity contribution in [3.8, 4) is 11.1 Å². The van der Waals surface area contributed by atoms with Crippen molar-refractivity contribution in [2.24, 2.45) is 11.8 Å². The van der Waals surface area contributed by atoms with Crippen LogP contribution in [0.15, 0.2) is 55.1 Å². The molecule has 0 bridgehead atoms. The normalized spacial score (nSPS) is 24.5. The minimum atomic E-state index is 0.743. The number of rotatable bonds is 6. The largest absolute Gasteiger partial charge is 0.103 e.